The van der Waals surface area contributed by atoms with Gasteiger partial charge in [0.05, 0.1) is 11.3 Å². The Hall–Kier alpha value is -2.28. The lowest BCUT2D eigenvalue weighted by molar-refractivity contribution is 0.0798. The summed E-state index contributed by atoms with van der Waals surface area (Å²) >= 11 is 0. The van der Waals surface area contributed by atoms with Crippen molar-refractivity contribution < 1.29 is 9.53 Å². The number of ether oxygens (including phenoxy) is 1. The van der Waals surface area contributed by atoms with Crippen LogP contribution in [0.4, 0.5) is 0 Å². The van der Waals surface area contributed by atoms with Crippen molar-refractivity contribution in [2.75, 3.05) is 13.2 Å². The molecule has 2 N–H and O–H groups in total. The highest BCUT2D eigenvalue weighted by atomic mass is 16.5. The molecule has 0 aliphatic carbocycles. The topological polar surface area (TPSA) is 92.8 Å². The van der Waals surface area contributed by atoms with Crippen molar-refractivity contribution in [3.05, 3.63) is 41.2 Å². The summed E-state index contributed by atoms with van der Waals surface area (Å²) in [6.07, 6.45) is 3.08. The maximum absolute atomic E-state index is 12.4. The zero-order valence-corrected chi connectivity index (χ0v) is 13.4. The van der Waals surface area contributed by atoms with Crippen LogP contribution in [0, 0.1) is 12.8 Å². The minimum absolute atomic E-state index is 0.0964. The molecule has 3 rings (SSSR count). The van der Waals surface area contributed by atoms with Crippen LogP contribution in [0.1, 0.15) is 47.0 Å². The summed E-state index contributed by atoms with van der Waals surface area (Å²) in [6.45, 7) is 5.12. The Labute approximate surface area is 134 Å². The van der Waals surface area contributed by atoms with Gasteiger partial charge in [-0.05, 0) is 31.9 Å². The van der Waals surface area contributed by atoms with Crippen LogP contribution in [-0.2, 0) is 11.2 Å². The number of H-pyrrole nitrogens is 1. The number of amides is 1. The number of nitrogens with zero attached hydrogens (tertiary/aromatic N) is 3. The molecule has 0 saturated carbocycles. The number of aromatic nitrogens is 4. The molecule has 2 atom stereocenters. The van der Waals surface area contributed by atoms with Crippen molar-refractivity contribution in [2.24, 2.45) is 5.92 Å². The smallest absolute Gasteiger partial charge is 0.253 e. The third kappa shape index (κ3) is 3.39. The molecule has 0 radical (unpaired) electrons. The molecule has 23 heavy (non-hydrogen) atoms. The number of nitrogens with one attached hydrogen (secondary N) is 2. The SMILES string of the molecule is CCc1ccc(C(=O)NC[C@@H]2CCO[C@@H]2c2ncn[nH]2)c(C)n1. The van der Waals surface area contributed by atoms with E-state index in [4.69, 9.17) is 4.74 Å². The predicted octanol–water partition coefficient (Wildman–Crippen LogP) is 1.58. The molecule has 1 aliphatic rings. The standard InChI is InChI=1S/C16H21N5O2/c1-3-12-4-5-13(10(2)20-12)16(22)17-8-11-6-7-23-14(11)15-18-9-19-21-15/h4-5,9,11,14H,3,6-8H2,1-2H3,(H,17,22)(H,18,19,21)/t11-,14-/m0/s1. The first-order chi connectivity index (χ1) is 11.2. The summed E-state index contributed by atoms with van der Waals surface area (Å²) in [6, 6.07) is 3.74. The summed E-state index contributed by atoms with van der Waals surface area (Å²) in [4.78, 5) is 21.0. The molecule has 1 amide bonds. The number of hydrogen-bond acceptors (Lipinski definition) is 5. The molecule has 7 heteroatoms. The highest BCUT2D eigenvalue weighted by Crippen LogP contribution is 2.31. The lowest BCUT2D eigenvalue weighted by Gasteiger charge is -2.17. The van der Waals surface area contributed by atoms with Gasteiger partial charge in [0.25, 0.3) is 5.91 Å². The second-order valence-corrected chi connectivity index (χ2v) is 5.71. The second-order valence-electron chi connectivity index (χ2n) is 5.71. The van der Waals surface area contributed by atoms with Gasteiger partial charge >= 0.3 is 0 Å². The van der Waals surface area contributed by atoms with Crippen molar-refractivity contribution in [2.45, 2.75) is 32.8 Å². The fourth-order valence-corrected chi connectivity index (χ4v) is 2.87. The number of rotatable bonds is 5. The third-order valence-corrected chi connectivity index (χ3v) is 4.19. The zero-order chi connectivity index (χ0) is 16.2. The Morgan fingerprint density at radius 2 is 2.35 bits per heavy atom. The van der Waals surface area contributed by atoms with Gasteiger partial charge in [-0.2, -0.15) is 5.10 Å². The Morgan fingerprint density at radius 1 is 1.48 bits per heavy atom. The summed E-state index contributed by atoms with van der Waals surface area (Å²) in [5.74, 6) is 0.808. The van der Waals surface area contributed by atoms with Gasteiger partial charge in [0.2, 0.25) is 0 Å². The van der Waals surface area contributed by atoms with Crippen molar-refractivity contribution in [1.82, 2.24) is 25.5 Å². The van der Waals surface area contributed by atoms with Gasteiger partial charge < -0.3 is 10.1 Å². The van der Waals surface area contributed by atoms with E-state index in [1.165, 1.54) is 6.33 Å². The van der Waals surface area contributed by atoms with E-state index in [1.54, 1.807) is 0 Å². The van der Waals surface area contributed by atoms with Gasteiger partial charge in [-0.3, -0.25) is 14.9 Å². The minimum Gasteiger partial charge on any atom is -0.370 e. The average molecular weight is 315 g/mol. The van der Waals surface area contributed by atoms with E-state index < -0.39 is 0 Å². The van der Waals surface area contributed by atoms with E-state index in [2.05, 4.69) is 25.5 Å². The quantitative estimate of drug-likeness (QED) is 0.874. The molecule has 122 valence electrons. The summed E-state index contributed by atoms with van der Waals surface area (Å²) in [7, 11) is 0. The van der Waals surface area contributed by atoms with Crippen molar-refractivity contribution in [3.8, 4) is 0 Å². The molecule has 7 nitrogen and oxygen atoms in total. The maximum Gasteiger partial charge on any atom is 0.253 e. The van der Waals surface area contributed by atoms with Crippen molar-refractivity contribution in [1.29, 1.82) is 0 Å². The zero-order valence-electron chi connectivity index (χ0n) is 13.4. The van der Waals surface area contributed by atoms with Crippen LogP contribution < -0.4 is 5.32 Å². The average Bonchev–Trinajstić information content (AvgIpc) is 3.23. The van der Waals surface area contributed by atoms with Gasteiger partial charge in [0.1, 0.15) is 12.4 Å². The van der Waals surface area contributed by atoms with Crippen LogP contribution in [0.25, 0.3) is 0 Å². The van der Waals surface area contributed by atoms with Crippen LogP contribution in [0.2, 0.25) is 0 Å². The minimum atomic E-state index is -0.139. The van der Waals surface area contributed by atoms with Crippen LogP contribution in [0.5, 0.6) is 0 Å². The van der Waals surface area contributed by atoms with E-state index >= 15 is 0 Å². The van der Waals surface area contributed by atoms with E-state index in [9.17, 15) is 4.79 Å². The largest absolute Gasteiger partial charge is 0.370 e. The van der Waals surface area contributed by atoms with E-state index in [1.807, 2.05) is 26.0 Å². The van der Waals surface area contributed by atoms with Gasteiger partial charge in [0.15, 0.2) is 5.82 Å². The van der Waals surface area contributed by atoms with Gasteiger partial charge in [-0.25, -0.2) is 4.98 Å². The monoisotopic (exact) mass is 315 g/mol. The summed E-state index contributed by atoms with van der Waals surface area (Å²) in [5, 5.41) is 9.69. The molecule has 1 saturated heterocycles. The summed E-state index contributed by atoms with van der Waals surface area (Å²) in [5.41, 5.74) is 2.38. The molecule has 2 aromatic rings. The van der Waals surface area contributed by atoms with Gasteiger partial charge in [-0.1, -0.05) is 6.92 Å². The maximum atomic E-state index is 12.4. The number of pyridine rings is 1. The van der Waals surface area contributed by atoms with Crippen LogP contribution >= 0.6 is 0 Å². The molecular formula is C16H21N5O2. The first-order valence-corrected chi connectivity index (χ1v) is 7.90. The molecule has 2 aromatic heterocycles. The second kappa shape index (κ2) is 6.87. The molecular weight excluding hydrogens is 294 g/mol. The molecule has 0 unspecified atom stereocenters. The van der Waals surface area contributed by atoms with Crippen molar-refractivity contribution >= 4 is 5.91 Å². The third-order valence-electron chi connectivity index (χ3n) is 4.19. The number of carbonyl (C=O) groups excluding carboxylic acids is 1. The molecule has 3 heterocycles. The number of carbonyl (C=O) groups is 1. The van der Waals surface area contributed by atoms with Gasteiger partial charge in [0, 0.05) is 24.8 Å². The highest BCUT2D eigenvalue weighted by Gasteiger charge is 2.32. The molecule has 0 aromatic carbocycles. The first-order valence-electron chi connectivity index (χ1n) is 7.90. The molecule has 0 spiro atoms. The van der Waals surface area contributed by atoms with E-state index in [0.717, 1.165) is 24.2 Å². The molecule has 1 fully saturated rings. The Balaban J connectivity index is 1.62. The van der Waals surface area contributed by atoms with E-state index in [-0.39, 0.29) is 17.9 Å². The highest BCUT2D eigenvalue weighted by molar-refractivity contribution is 5.95. The summed E-state index contributed by atoms with van der Waals surface area (Å²) < 4.78 is 5.70. The Bertz CT molecular complexity index is 671. The van der Waals surface area contributed by atoms with Gasteiger partial charge in [-0.15, -0.1) is 0 Å². The molecule has 1 aliphatic heterocycles. The number of aromatic amines is 1. The Morgan fingerprint density at radius 3 is 3.04 bits per heavy atom. The lowest BCUT2D eigenvalue weighted by Crippen LogP contribution is -2.31. The van der Waals surface area contributed by atoms with Crippen molar-refractivity contribution in [3.63, 3.8) is 0 Å². The fraction of sp³-hybridized carbons (Fsp3) is 0.500. The number of aryl methyl sites for hydroxylation is 2. The van der Waals surface area contributed by atoms with Crippen LogP contribution in [0.3, 0.4) is 0 Å². The number of hydrogen-bond donors (Lipinski definition) is 2. The first kappa shape index (κ1) is 15.6. The molecule has 0 bridgehead atoms. The lowest BCUT2D eigenvalue weighted by atomic mass is 10.0. The van der Waals surface area contributed by atoms with Crippen LogP contribution in [0.15, 0.2) is 18.5 Å². The predicted molar refractivity (Wildman–Crippen MR) is 83.9 cm³/mol. The van der Waals surface area contributed by atoms with E-state index in [0.29, 0.717) is 24.5 Å². The van der Waals surface area contributed by atoms with Crippen LogP contribution in [-0.4, -0.2) is 39.2 Å². The Kier molecular flexibility index (Phi) is 4.66. The fourth-order valence-electron chi connectivity index (χ4n) is 2.87. The normalized spacial score (nSPS) is 20.6.